The summed E-state index contributed by atoms with van der Waals surface area (Å²) in [5.74, 6) is 0. The normalized spacial score (nSPS) is 14.5. The highest BCUT2D eigenvalue weighted by Gasteiger charge is 2.23. The average Bonchev–Trinajstić information content (AvgIpc) is 2.78. The lowest BCUT2D eigenvalue weighted by molar-refractivity contribution is -0.0131. The van der Waals surface area contributed by atoms with Crippen LogP contribution in [0.2, 0.25) is 0 Å². The number of ether oxygens (including phenoxy) is 1. The van der Waals surface area contributed by atoms with Crippen LogP contribution in [0.4, 0.5) is 0 Å². The van der Waals surface area contributed by atoms with E-state index < -0.39 is 6.10 Å². The number of aryl methyl sites for hydroxylation is 1. The second-order valence-corrected chi connectivity index (χ2v) is 5.28. The van der Waals surface area contributed by atoms with Crippen LogP contribution in [0.25, 0.3) is 0 Å². The fourth-order valence-corrected chi connectivity index (χ4v) is 2.74. The van der Waals surface area contributed by atoms with E-state index in [1.54, 1.807) is 18.4 Å². The average molecular weight is 248 g/mol. The second-order valence-electron chi connectivity index (χ2n) is 3.96. The summed E-state index contributed by atoms with van der Waals surface area (Å²) in [7, 11) is 1.63. The maximum atomic E-state index is 10.3. The highest BCUT2D eigenvalue weighted by molar-refractivity contribution is 7.12. The van der Waals surface area contributed by atoms with Gasteiger partial charge in [0.15, 0.2) is 0 Å². The zero-order valence-corrected chi connectivity index (χ0v) is 10.8. The Bertz CT molecular complexity index is 464. The third kappa shape index (κ3) is 2.75. The fraction of sp³-hybridized carbons (Fsp3) is 0.286. The topological polar surface area (TPSA) is 29.5 Å². The summed E-state index contributed by atoms with van der Waals surface area (Å²) in [6.07, 6.45) is -0.921. The van der Waals surface area contributed by atoms with Crippen molar-refractivity contribution >= 4 is 11.3 Å². The Balaban J connectivity index is 2.25. The molecule has 0 fully saturated rings. The quantitative estimate of drug-likeness (QED) is 0.897. The van der Waals surface area contributed by atoms with Crippen molar-refractivity contribution in [2.75, 3.05) is 7.11 Å². The Morgan fingerprint density at radius 3 is 2.35 bits per heavy atom. The van der Waals surface area contributed by atoms with Gasteiger partial charge < -0.3 is 9.84 Å². The SMILES string of the molecule is COC(c1ccccc1)C(O)c1ccc(C)s1. The first-order valence-electron chi connectivity index (χ1n) is 5.54. The molecule has 0 saturated heterocycles. The molecule has 1 aromatic heterocycles. The molecule has 1 heterocycles. The molecule has 2 unspecified atom stereocenters. The Morgan fingerprint density at radius 1 is 1.12 bits per heavy atom. The Morgan fingerprint density at radius 2 is 1.82 bits per heavy atom. The molecule has 0 radical (unpaired) electrons. The van der Waals surface area contributed by atoms with Gasteiger partial charge in [-0.1, -0.05) is 30.3 Å². The lowest BCUT2D eigenvalue weighted by Gasteiger charge is -2.21. The minimum absolute atomic E-state index is 0.311. The fourth-order valence-electron chi connectivity index (χ4n) is 1.85. The van der Waals surface area contributed by atoms with Gasteiger partial charge in [-0.3, -0.25) is 0 Å². The van der Waals surface area contributed by atoms with E-state index in [1.807, 2.05) is 49.4 Å². The number of aliphatic hydroxyl groups excluding tert-OH is 1. The Hall–Kier alpha value is -1.16. The van der Waals surface area contributed by atoms with E-state index in [-0.39, 0.29) is 6.10 Å². The zero-order chi connectivity index (χ0) is 12.3. The van der Waals surface area contributed by atoms with Gasteiger partial charge in [-0.2, -0.15) is 0 Å². The molecule has 2 atom stereocenters. The number of hydrogen-bond acceptors (Lipinski definition) is 3. The van der Waals surface area contributed by atoms with Gasteiger partial charge in [-0.05, 0) is 24.6 Å². The van der Waals surface area contributed by atoms with Gasteiger partial charge in [0.05, 0.1) is 0 Å². The Labute approximate surface area is 105 Å². The van der Waals surface area contributed by atoms with Crippen molar-refractivity contribution in [3.8, 4) is 0 Å². The van der Waals surface area contributed by atoms with Crippen molar-refractivity contribution < 1.29 is 9.84 Å². The molecule has 0 amide bonds. The molecule has 3 heteroatoms. The van der Waals surface area contributed by atoms with Crippen molar-refractivity contribution in [2.45, 2.75) is 19.1 Å². The van der Waals surface area contributed by atoms with Crippen LogP contribution in [0.5, 0.6) is 0 Å². The summed E-state index contributed by atoms with van der Waals surface area (Å²) in [4.78, 5) is 2.14. The van der Waals surface area contributed by atoms with Gasteiger partial charge in [0.2, 0.25) is 0 Å². The van der Waals surface area contributed by atoms with E-state index in [4.69, 9.17) is 4.74 Å². The van der Waals surface area contributed by atoms with Crippen LogP contribution in [0.3, 0.4) is 0 Å². The number of aliphatic hydroxyl groups is 1. The Kier molecular flexibility index (Phi) is 3.94. The predicted molar refractivity (Wildman–Crippen MR) is 70.2 cm³/mol. The molecule has 0 aliphatic carbocycles. The van der Waals surface area contributed by atoms with Gasteiger partial charge >= 0.3 is 0 Å². The standard InChI is InChI=1S/C14H16O2S/c1-10-8-9-12(17-10)13(15)14(16-2)11-6-4-3-5-7-11/h3-9,13-15H,1-2H3. The molecular formula is C14H16O2S. The summed E-state index contributed by atoms with van der Waals surface area (Å²) >= 11 is 1.60. The van der Waals surface area contributed by atoms with Crippen LogP contribution in [0.15, 0.2) is 42.5 Å². The smallest absolute Gasteiger partial charge is 0.118 e. The van der Waals surface area contributed by atoms with Crippen LogP contribution in [0, 0.1) is 6.92 Å². The number of benzene rings is 1. The first-order chi connectivity index (χ1) is 8.22. The van der Waals surface area contributed by atoms with E-state index in [1.165, 1.54) is 4.88 Å². The molecule has 17 heavy (non-hydrogen) atoms. The van der Waals surface area contributed by atoms with Crippen molar-refractivity contribution in [2.24, 2.45) is 0 Å². The third-order valence-corrected chi connectivity index (χ3v) is 3.79. The minimum atomic E-state index is -0.610. The van der Waals surface area contributed by atoms with Crippen LogP contribution < -0.4 is 0 Å². The highest BCUT2D eigenvalue weighted by atomic mass is 32.1. The van der Waals surface area contributed by atoms with Gasteiger partial charge in [-0.25, -0.2) is 0 Å². The van der Waals surface area contributed by atoms with Crippen molar-refractivity contribution in [1.29, 1.82) is 0 Å². The third-order valence-electron chi connectivity index (χ3n) is 2.72. The van der Waals surface area contributed by atoms with E-state index in [2.05, 4.69) is 0 Å². The second kappa shape index (κ2) is 5.45. The summed E-state index contributed by atoms with van der Waals surface area (Å²) in [6.45, 7) is 2.03. The molecular weight excluding hydrogens is 232 g/mol. The molecule has 1 aromatic carbocycles. The van der Waals surface area contributed by atoms with Crippen LogP contribution in [-0.2, 0) is 4.74 Å². The lowest BCUT2D eigenvalue weighted by Crippen LogP contribution is -2.11. The first-order valence-corrected chi connectivity index (χ1v) is 6.36. The maximum Gasteiger partial charge on any atom is 0.118 e. The van der Waals surface area contributed by atoms with Gasteiger partial charge in [-0.15, -0.1) is 11.3 Å². The number of thiophene rings is 1. The van der Waals surface area contributed by atoms with Crippen molar-refractivity contribution in [1.82, 2.24) is 0 Å². The first kappa shape index (κ1) is 12.3. The molecule has 2 rings (SSSR count). The summed E-state index contributed by atoms with van der Waals surface area (Å²) in [5, 5.41) is 10.3. The minimum Gasteiger partial charge on any atom is -0.384 e. The van der Waals surface area contributed by atoms with E-state index in [0.717, 1.165) is 10.4 Å². The molecule has 2 nitrogen and oxygen atoms in total. The molecule has 0 aliphatic rings. The number of methoxy groups -OCH3 is 1. The van der Waals surface area contributed by atoms with E-state index in [9.17, 15) is 5.11 Å². The van der Waals surface area contributed by atoms with Crippen molar-refractivity contribution in [3.63, 3.8) is 0 Å². The molecule has 90 valence electrons. The number of hydrogen-bond donors (Lipinski definition) is 1. The molecule has 2 aromatic rings. The molecule has 0 bridgehead atoms. The summed E-state index contributed by atoms with van der Waals surface area (Å²) in [6, 6.07) is 13.8. The lowest BCUT2D eigenvalue weighted by atomic mass is 10.0. The maximum absolute atomic E-state index is 10.3. The number of rotatable bonds is 4. The van der Waals surface area contributed by atoms with Crippen LogP contribution in [0.1, 0.15) is 27.5 Å². The van der Waals surface area contributed by atoms with Gasteiger partial charge in [0, 0.05) is 16.9 Å². The van der Waals surface area contributed by atoms with Gasteiger partial charge in [0.1, 0.15) is 12.2 Å². The van der Waals surface area contributed by atoms with Crippen molar-refractivity contribution in [3.05, 3.63) is 57.8 Å². The largest absolute Gasteiger partial charge is 0.384 e. The highest BCUT2D eigenvalue weighted by Crippen LogP contribution is 2.34. The van der Waals surface area contributed by atoms with E-state index in [0.29, 0.717) is 0 Å². The van der Waals surface area contributed by atoms with E-state index >= 15 is 0 Å². The molecule has 0 saturated carbocycles. The molecule has 0 aliphatic heterocycles. The molecule has 0 spiro atoms. The zero-order valence-electron chi connectivity index (χ0n) is 9.96. The summed E-state index contributed by atoms with van der Waals surface area (Å²) in [5.41, 5.74) is 0.994. The van der Waals surface area contributed by atoms with Crippen LogP contribution in [-0.4, -0.2) is 12.2 Å². The molecule has 1 N–H and O–H groups in total. The van der Waals surface area contributed by atoms with Crippen LogP contribution >= 0.6 is 11.3 Å². The predicted octanol–water partition coefficient (Wildman–Crippen LogP) is 3.48. The summed E-state index contributed by atoms with van der Waals surface area (Å²) < 4.78 is 5.42. The van der Waals surface area contributed by atoms with Gasteiger partial charge in [0.25, 0.3) is 0 Å². The monoisotopic (exact) mass is 248 g/mol.